The summed E-state index contributed by atoms with van der Waals surface area (Å²) < 4.78 is 1.09. The molecule has 0 bridgehead atoms. The SMILES string of the molecule is C[N+](C)(C)c1ccc(NC(=O)c2ccc(-c3ccc(C(=O)Nc4ccc([N+](C)(C)C)cc4O)cc3)cc2)c(O)c1. The molecular formula is C32H36N4O4+2. The van der Waals surface area contributed by atoms with Crippen molar-refractivity contribution in [1.29, 1.82) is 0 Å². The molecule has 2 amide bonds. The first-order valence-electron chi connectivity index (χ1n) is 12.9. The molecule has 0 aliphatic heterocycles. The summed E-state index contributed by atoms with van der Waals surface area (Å²) in [6.45, 7) is 0. The highest BCUT2D eigenvalue weighted by Crippen LogP contribution is 2.32. The van der Waals surface area contributed by atoms with Gasteiger partial charge in [0.1, 0.15) is 22.9 Å². The van der Waals surface area contributed by atoms with Crippen LogP contribution in [0.3, 0.4) is 0 Å². The number of rotatable bonds is 7. The van der Waals surface area contributed by atoms with Gasteiger partial charge in [0.25, 0.3) is 11.8 Å². The van der Waals surface area contributed by atoms with Crippen LogP contribution in [0.4, 0.5) is 22.7 Å². The van der Waals surface area contributed by atoms with E-state index in [-0.39, 0.29) is 23.3 Å². The highest BCUT2D eigenvalue weighted by Gasteiger charge is 2.18. The van der Waals surface area contributed by atoms with E-state index in [1.165, 1.54) is 0 Å². The van der Waals surface area contributed by atoms with Crippen LogP contribution in [0.15, 0.2) is 84.9 Å². The predicted molar refractivity (Wildman–Crippen MR) is 163 cm³/mol. The van der Waals surface area contributed by atoms with Gasteiger partial charge < -0.3 is 20.8 Å². The molecule has 0 saturated heterocycles. The lowest BCUT2D eigenvalue weighted by Crippen LogP contribution is -2.34. The van der Waals surface area contributed by atoms with Gasteiger partial charge in [-0.25, -0.2) is 0 Å². The van der Waals surface area contributed by atoms with E-state index in [2.05, 4.69) is 10.6 Å². The highest BCUT2D eigenvalue weighted by molar-refractivity contribution is 6.06. The second-order valence-corrected chi connectivity index (χ2v) is 11.5. The van der Waals surface area contributed by atoms with Gasteiger partial charge in [-0.3, -0.25) is 18.6 Å². The lowest BCUT2D eigenvalue weighted by atomic mass is 10.0. The van der Waals surface area contributed by atoms with Gasteiger partial charge in [-0.1, -0.05) is 24.3 Å². The molecule has 8 nitrogen and oxygen atoms in total. The zero-order valence-corrected chi connectivity index (χ0v) is 23.7. The molecule has 0 saturated carbocycles. The molecule has 4 aromatic rings. The number of aromatic hydroxyl groups is 2. The average Bonchev–Trinajstić information content (AvgIpc) is 2.90. The Balaban J connectivity index is 1.41. The van der Waals surface area contributed by atoms with Gasteiger partial charge in [0.2, 0.25) is 0 Å². The lowest BCUT2D eigenvalue weighted by molar-refractivity contribution is 0.101. The third kappa shape index (κ3) is 6.48. The molecule has 0 spiro atoms. The zero-order valence-electron chi connectivity index (χ0n) is 23.7. The van der Waals surface area contributed by atoms with Gasteiger partial charge in [-0.2, -0.15) is 0 Å². The van der Waals surface area contributed by atoms with E-state index >= 15 is 0 Å². The number of hydrogen-bond donors (Lipinski definition) is 4. The first-order valence-corrected chi connectivity index (χ1v) is 12.9. The summed E-state index contributed by atoms with van der Waals surface area (Å²) in [6.07, 6.45) is 0. The van der Waals surface area contributed by atoms with Crippen molar-refractivity contribution in [2.24, 2.45) is 0 Å². The van der Waals surface area contributed by atoms with E-state index in [9.17, 15) is 19.8 Å². The Labute approximate surface area is 234 Å². The molecule has 40 heavy (non-hydrogen) atoms. The maximum Gasteiger partial charge on any atom is 0.255 e. The van der Waals surface area contributed by atoms with Crippen molar-refractivity contribution < 1.29 is 19.8 Å². The van der Waals surface area contributed by atoms with E-state index in [0.29, 0.717) is 31.5 Å². The number of carbonyl (C=O) groups is 2. The minimum absolute atomic E-state index is 0.0102. The van der Waals surface area contributed by atoms with Crippen LogP contribution in [0.5, 0.6) is 11.5 Å². The normalized spacial score (nSPS) is 11.7. The van der Waals surface area contributed by atoms with Crippen LogP contribution >= 0.6 is 0 Å². The van der Waals surface area contributed by atoms with Gasteiger partial charge in [0, 0.05) is 35.4 Å². The van der Waals surface area contributed by atoms with E-state index in [4.69, 9.17) is 0 Å². The number of phenolic OH excluding ortho intramolecular Hbond substituents is 2. The molecule has 206 valence electrons. The minimum Gasteiger partial charge on any atom is -0.506 e. The fraction of sp³-hybridized carbons (Fsp3) is 0.188. The van der Waals surface area contributed by atoms with E-state index in [0.717, 1.165) is 22.5 Å². The van der Waals surface area contributed by atoms with Crippen molar-refractivity contribution in [1.82, 2.24) is 8.97 Å². The Kier molecular flexibility index (Phi) is 7.68. The van der Waals surface area contributed by atoms with Crippen LogP contribution < -0.4 is 19.6 Å². The van der Waals surface area contributed by atoms with E-state index in [1.54, 1.807) is 48.5 Å². The van der Waals surface area contributed by atoms with Crippen LogP contribution in [-0.2, 0) is 0 Å². The Morgan fingerprint density at radius 2 is 0.850 bits per heavy atom. The molecule has 4 aromatic carbocycles. The molecule has 4 rings (SSSR count). The Hall–Kier alpha value is -4.66. The molecule has 8 heteroatoms. The molecule has 0 aliphatic rings. The van der Waals surface area contributed by atoms with Crippen molar-refractivity contribution >= 4 is 34.6 Å². The quantitative estimate of drug-likeness (QED) is 0.180. The highest BCUT2D eigenvalue weighted by atomic mass is 16.3. The first-order chi connectivity index (χ1) is 18.7. The van der Waals surface area contributed by atoms with Gasteiger partial charge >= 0.3 is 0 Å². The fourth-order valence-corrected chi connectivity index (χ4v) is 4.10. The summed E-state index contributed by atoms with van der Waals surface area (Å²) >= 11 is 0. The van der Waals surface area contributed by atoms with Crippen LogP contribution in [0.1, 0.15) is 20.7 Å². The van der Waals surface area contributed by atoms with Crippen LogP contribution in [0, 0.1) is 0 Å². The molecule has 4 N–H and O–H groups in total. The number of nitrogens with zero attached hydrogens (tertiary/aromatic N) is 2. The maximum absolute atomic E-state index is 12.8. The van der Waals surface area contributed by atoms with Crippen molar-refractivity contribution in [3.8, 4) is 22.6 Å². The maximum atomic E-state index is 12.8. The predicted octanol–water partition coefficient (Wildman–Crippen LogP) is 5.66. The largest absolute Gasteiger partial charge is 0.506 e. The molecule has 0 aromatic heterocycles. The molecule has 0 radical (unpaired) electrons. The number of nitrogens with one attached hydrogen (secondary N) is 2. The number of phenols is 2. The summed E-state index contributed by atoms with van der Waals surface area (Å²) in [6, 6.07) is 24.6. The monoisotopic (exact) mass is 540 g/mol. The lowest BCUT2D eigenvalue weighted by Gasteiger charge is -2.23. The van der Waals surface area contributed by atoms with Crippen molar-refractivity contribution in [2.75, 3.05) is 52.9 Å². The topological polar surface area (TPSA) is 98.7 Å². The Bertz CT molecular complexity index is 1430. The second-order valence-electron chi connectivity index (χ2n) is 11.5. The van der Waals surface area contributed by atoms with Crippen molar-refractivity contribution in [2.45, 2.75) is 0 Å². The minimum atomic E-state index is -0.329. The third-order valence-electron chi connectivity index (χ3n) is 6.64. The smallest absolute Gasteiger partial charge is 0.255 e. The van der Waals surface area contributed by atoms with Crippen molar-refractivity contribution in [3.63, 3.8) is 0 Å². The van der Waals surface area contributed by atoms with Crippen LogP contribution in [0.25, 0.3) is 11.1 Å². The van der Waals surface area contributed by atoms with Gasteiger partial charge in [0.05, 0.1) is 53.7 Å². The van der Waals surface area contributed by atoms with Gasteiger partial charge in [-0.15, -0.1) is 0 Å². The molecule has 0 atom stereocenters. The van der Waals surface area contributed by atoms with Crippen molar-refractivity contribution in [3.05, 3.63) is 96.1 Å². The molecule has 0 unspecified atom stereocenters. The molecule has 0 heterocycles. The molecule has 0 fully saturated rings. The summed E-state index contributed by atoms with van der Waals surface area (Å²) in [4.78, 5) is 25.5. The van der Waals surface area contributed by atoms with Gasteiger partial charge in [0.15, 0.2) is 0 Å². The number of hydrogen-bond acceptors (Lipinski definition) is 4. The Morgan fingerprint density at radius 1 is 0.525 bits per heavy atom. The summed E-state index contributed by atoms with van der Waals surface area (Å²) in [5.74, 6) is -0.638. The van der Waals surface area contributed by atoms with E-state index < -0.39 is 0 Å². The summed E-state index contributed by atoms with van der Waals surface area (Å²) in [5, 5.41) is 26.3. The summed E-state index contributed by atoms with van der Waals surface area (Å²) in [7, 11) is 12.0. The second kappa shape index (κ2) is 10.8. The number of anilines is 2. The van der Waals surface area contributed by atoms with Gasteiger partial charge in [-0.05, 0) is 47.5 Å². The van der Waals surface area contributed by atoms with Crippen LogP contribution in [0.2, 0.25) is 0 Å². The van der Waals surface area contributed by atoms with E-state index in [1.807, 2.05) is 78.7 Å². The average molecular weight is 541 g/mol. The number of carbonyl (C=O) groups excluding carboxylic acids is 2. The third-order valence-corrected chi connectivity index (χ3v) is 6.64. The summed E-state index contributed by atoms with van der Waals surface area (Å²) in [5.41, 5.74) is 5.18. The standard InChI is InChI=1S/C32H34N4O4/c1-35(2,3)25-15-17-27(29(37)19-25)33-31(39)23-11-7-21(8-12-23)22-9-13-24(14-10-22)32(40)34-28-18-16-26(20-30(28)38)36(4,5)6/h7-20H,1-6H3,(H2-2,33,34,37,38,39,40)/p+2. The molecule has 0 aliphatic carbocycles. The van der Waals surface area contributed by atoms with Crippen LogP contribution in [-0.4, -0.2) is 64.3 Å². The molecular weight excluding hydrogens is 504 g/mol. The number of quaternary nitrogens is 2. The first kappa shape index (κ1) is 28.4. The zero-order chi connectivity index (χ0) is 29.2. The Morgan fingerprint density at radius 3 is 1.12 bits per heavy atom. The fourth-order valence-electron chi connectivity index (χ4n) is 4.10. The number of benzene rings is 4. The number of amides is 2.